The number of carbonyl (C=O) groups is 2. The van der Waals surface area contributed by atoms with Crippen molar-refractivity contribution in [3.8, 4) is 0 Å². The first kappa shape index (κ1) is 18.3. The molecule has 1 saturated carbocycles. The van der Waals surface area contributed by atoms with Crippen LogP contribution in [-0.2, 0) is 14.3 Å². The lowest BCUT2D eigenvalue weighted by atomic mass is 9.81. The molecule has 0 N–H and O–H groups in total. The SMILES string of the molecule is C[C@H](C(=O)N1C[C@@H]2CCC[C@@H]2[C@H]1C(=O)OC(C)(C)C)C(C)(C)C. The summed E-state index contributed by atoms with van der Waals surface area (Å²) in [5.41, 5.74) is -0.620. The van der Waals surface area contributed by atoms with Gasteiger partial charge in [-0.25, -0.2) is 4.79 Å². The fourth-order valence-corrected chi connectivity index (χ4v) is 3.82. The summed E-state index contributed by atoms with van der Waals surface area (Å²) in [6.07, 6.45) is 3.31. The Morgan fingerprint density at radius 1 is 1.09 bits per heavy atom. The second-order valence-electron chi connectivity index (χ2n) is 9.41. The fraction of sp³-hybridized carbons (Fsp3) is 0.895. The lowest BCUT2D eigenvalue weighted by molar-refractivity contribution is -0.166. The molecule has 1 heterocycles. The van der Waals surface area contributed by atoms with Crippen LogP contribution < -0.4 is 0 Å². The Balaban J connectivity index is 2.23. The van der Waals surface area contributed by atoms with Gasteiger partial charge in [0.1, 0.15) is 11.6 Å². The van der Waals surface area contributed by atoms with Crippen molar-refractivity contribution in [1.29, 1.82) is 0 Å². The van der Waals surface area contributed by atoms with Crippen molar-refractivity contribution < 1.29 is 14.3 Å². The Hall–Kier alpha value is -1.06. The Morgan fingerprint density at radius 2 is 1.70 bits per heavy atom. The number of hydrogen-bond acceptors (Lipinski definition) is 3. The van der Waals surface area contributed by atoms with Gasteiger partial charge in [-0.05, 0) is 50.9 Å². The number of likely N-dealkylation sites (tertiary alicyclic amines) is 1. The largest absolute Gasteiger partial charge is 0.458 e. The van der Waals surface area contributed by atoms with E-state index in [-0.39, 0.29) is 35.2 Å². The van der Waals surface area contributed by atoms with Crippen LogP contribution in [0.4, 0.5) is 0 Å². The molecule has 4 atom stereocenters. The first-order chi connectivity index (χ1) is 10.4. The van der Waals surface area contributed by atoms with E-state index in [4.69, 9.17) is 4.74 Å². The second kappa shape index (κ2) is 6.10. The molecule has 2 aliphatic rings. The molecule has 0 aromatic rings. The molecule has 2 fully saturated rings. The number of rotatable bonds is 2. The van der Waals surface area contributed by atoms with Crippen LogP contribution in [0.1, 0.15) is 67.7 Å². The van der Waals surface area contributed by atoms with E-state index in [9.17, 15) is 9.59 Å². The van der Waals surface area contributed by atoms with E-state index >= 15 is 0 Å². The summed E-state index contributed by atoms with van der Waals surface area (Å²) in [4.78, 5) is 27.6. The van der Waals surface area contributed by atoms with Gasteiger partial charge in [0.2, 0.25) is 5.91 Å². The molecule has 23 heavy (non-hydrogen) atoms. The average Bonchev–Trinajstić information content (AvgIpc) is 2.92. The zero-order valence-electron chi connectivity index (χ0n) is 15.8. The molecule has 1 aliphatic carbocycles. The molecule has 4 heteroatoms. The van der Waals surface area contributed by atoms with Crippen molar-refractivity contribution in [2.24, 2.45) is 23.2 Å². The Kier molecular flexibility index (Phi) is 4.85. The number of nitrogens with zero attached hydrogens (tertiary/aromatic N) is 1. The van der Waals surface area contributed by atoms with Crippen molar-refractivity contribution in [2.75, 3.05) is 6.54 Å². The van der Waals surface area contributed by atoms with Crippen molar-refractivity contribution in [3.63, 3.8) is 0 Å². The first-order valence-corrected chi connectivity index (χ1v) is 8.95. The highest BCUT2D eigenvalue weighted by Crippen LogP contribution is 2.44. The molecule has 1 aliphatic heterocycles. The number of fused-ring (bicyclic) bond motifs is 1. The van der Waals surface area contributed by atoms with Crippen molar-refractivity contribution in [1.82, 2.24) is 4.90 Å². The summed E-state index contributed by atoms with van der Waals surface area (Å²) >= 11 is 0. The van der Waals surface area contributed by atoms with E-state index in [2.05, 4.69) is 20.8 Å². The molecule has 2 rings (SSSR count). The van der Waals surface area contributed by atoms with E-state index in [1.807, 2.05) is 32.6 Å². The summed E-state index contributed by atoms with van der Waals surface area (Å²) in [6, 6.07) is -0.390. The molecular weight excluding hydrogens is 290 g/mol. The van der Waals surface area contributed by atoms with Crippen LogP contribution in [-0.4, -0.2) is 35.0 Å². The van der Waals surface area contributed by atoms with Crippen molar-refractivity contribution in [3.05, 3.63) is 0 Å². The summed E-state index contributed by atoms with van der Waals surface area (Å²) in [7, 11) is 0. The summed E-state index contributed by atoms with van der Waals surface area (Å²) in [6.45, 7) is 14.6. The lowest BCUT2D eigenvalue weighted by Gasteiger charge is -2.34. The Labute approximate surface area is 140 Å². The summed E-state index contributed by atoms with van der Waals surface area (Å²) in [5.74, 6) is 0.514. The van der Waals surface area contributed by atoms with Crippen LogP contribution in [0.5, 0.6) is 0 Å². The maximum atomic E-state index is 13.0. The summed E-state index contributed by atoms with van der Waals surface area (Å²) < 4.78 is 5.64. The van der Waals surface area contributed by atoms with Gasteiger partial charge in [-0.15, -0.1) is 0 Å². The minimum absolute atomic E-state index is 0.0998. The van der Waals surface area contributed by atoms with Crippen LogP contribution in [0.25, 0.3) is 0 Å². The van der Waals surface area contributed by atoms with Gasteiger partial charge >= 0.3 is 5.97 Å². The molecule has 0 bridgehead atoms. The maximum Gasteiger partial charge on any atom is 0.329 e. The molecule has 132 valence electrons. The smallest absolute Gasteiger partial charge is 0.329 e. The standard InChI is InChI=1S/C19H33NO3/c1-12(18(2,3)4)16(21)20-11-13-9-8-10-14(13)15(20)17(22)23-19(5,6)7/h12-15H,8-11H2,1-7H3/t12-,13+,14+,15+/m1/s1. The number of hydrogen-bond donors (Lipinski definition) is 0. The molecule has 0 aromatic carbocycles. The molecule has 0 unspecified atom stereocenters. The van der Waals surface area contributed by atoms with Crippen LogP contribution in [0.2, 0.25) is 0 Å². The van der Waals surface area contributed by atoms with Crippen molar-refractivity contribution >= 4 is 11.9 Å². The van der Waals surface area contributed by atoms with Gasteiger partial charge in [0, 0.05) is 12.5 Å². The van der Waals surface area contributed by atoms with Gasteiger partial charge in [0.05, 0.1) is 0 Å². The number of ether oxygens (including phenoxy) is 1. The topological polar surface area (TPSA) is 46.6 Å². The molecular formula is C19H33NO3. The van der Waals surface area contributed by atoms with Crippen LogP contribution in [0.3, 0.4) is 0 Å². The fourth-order valence-electron chi connectivity index (χ4n) is 3.82. The minimum atomic E-state index is -0.516. The lowest BCUT2D eigenvalue weighted by Crippen LogP contribution is -2.49. The molecule has 0 aromatic heterocycles. The first-order valence-electron chi connectivity index (χ1n) is 8.95. The highest BCUT2D eigenvalue weighted by atomic mass is 16.6. The Bertz CT molecular complexity index is 472. The number of carbonyl (C=O) groups excluding carboxylic acids is 2. The third kappa shape index (κ3) is 3.89. The van der Waals surface area contributed by atoms with Gasteiger partial charge in [0.15, 0.2) is 0 Å². The highest BCUT2D eigenvalue weighted by Gasteiger charge is 2.51. The average molecular weight is 323 g/mol. The molecule has 0 radical (unpaired) electrons. The van der Waals surface area contributed by atoms with Gasteiger partial charge in [-0.2, -0.15) is 0 Å². The predicted octanol–water partition coefficient (Wildman–Crippen LogP) is 3.64. The molecule has 1 saturated heterocycles. The predicted molar refractivity (Wildman–Crippen MR) is 90.8 cm³/mol. The van der Waals surface area contributed by atoms with E-state index in [1.165, 1.54) is 0 Å². The highest BCUT2D eigenvalue weighted by molar-refractivity contribution is 5.87. The zero-order valence-corrected chi connectivity index (χ0v) is 15.8. The Morgan fingerprint density at radius 3 is 2.22 bits per heavy atom. The zero-order chi connectivity index (χ0) is 17.6. The number of esters is 1. The molecule has 0 spiro atoms. The van der Waals surface area contributed by atoms with E-state index in [0.29, 0.717) is 12.5 Å². The molecule has 4 nitrogen and oxygen atoms in total. The van der Waals surface area contributed by atoms with E-state index < -0.39 is 5.60 Å². The maximum absolute atomic E-state index is 13.0. The van der Waals surface area contributed by atoms with E-state index in [1.54, 1.807) is 0 Å². The number of amides is 1. The van der Waals surface area contributed by atoms with E-state index in [0.717, 1.165) is 19.3 Å². The third-order valence-electron chi connectivity index (χ3n) is 5.49. The second-order valence-corrected chi connectivity index (χ2v) is 9.41. The van der Waals surface area contributed by atoms with Gasteiger partial charge in [-0.3, -0.25) is 4.79 Å². The van der Waals surface area contributed by atoms with Crippen LogP contribution >= 0.6 is 0 Å². The van der Waals surface area contributed by atoms with Crippen molar-refractivity contribution in [2.45, 2.75) is 79.4 Å². The normalized spacial score (nSPS) is 29.3. The van der Waals surface area contributed by atoms with Gasteiger partial charge in [-0.1, -0.05) is 34.1 Å². The van der Waals surface area contributed by atoms with Gasteiger partial charge in [0.25, 0.3) is 0 Å². The molecule has 1 amide bonds. The monoisotopic (exact) mass is 323 g/mol. The third-order valence-corrected chi connectivity index (χ3v) is 5.49. The minimum Gasteiger partial charge on any atom is -0.458 e. The summed E-state index contributed by atoms with van der Waals surface area (Å²) in [5, 5.41) is 0. The van der Waals surface area contributed by atoms with Gasteiger partial charge < -0.3 is 9.64 Å². The quantitative estimate of drug-likeness (QED) is 0.729. The van der Waals surface area contributed by atoms with Crippen LogP contribution in [0, 0.1) is 23.2 Å². The van der Waals surface area contributed by atoms with Crippen LogP contribution in [0.15, 0.2) is 0 Å².